The van der Waals surface area contributed by atoms with Crippen LogP contribution in [0.1, 0.15) is 18.7 Å². The van der Waals surface area contributed by atoms with Crippen LogP contribution in [0.5, 0.6) is 0 Å². The molecule has 0 fully saturated rings. The Labute approximate surface area is 91.4 Å². The minimum Gasteiger partial charge on any atom is -0.361 e. The average Bonchev–Trinajstić information content (AvgIpc) is 2.17. The zero-order valence-corrected chi connectivity index (χ0v) is 8.74. The first-order valence-corrected chi connectivity index (χ1v) is 4.75. The number of alkyl halides is 3. The minimum absolute atomic E-state index is 0.404. The summed E-state index contributed by atoms with van der Waals surface area (Å²) in [5.41, 5.74) is 5.97. The van der Waals surface area contributed by atoms with E-state index in [0.717, 1.165) is 0 Å². The molecule has 16 heavy (non-hydrogen) atoms. The van der Waals surface area contributed by atoms with Crippen LogP contribution in [0.2, 0.25) is 0 Å². The monoisotopic (exact) mass is 234 g/mol. The van der Waals surface area contributed by atoms with E-state index in [1.54, 1.807) is 25.1 Å². The Morgan fingerprint density at radius 2 is 2.12 bits per heavy atom. The van der Waals surface area contributed by atoms with Gasteiger partial charge >= 0.3 is 6.18 Å². The molecule has 3 nitrogen and oxygen atoms in total. The third-order valence-corrected chi connectivity index (χ3v) is 1.88. The lowest BCUT2D eigenvalue weighted by molar-refractivity contribution is -0.188. The van der Waals surface area contributed by atoms with Crippen LogP contribution >= 0.6 is 0 Å². The van der Waals surface area contributed by atoms with Gasteiger partial charge in [-0.1, -0.05) is 6.07 Å². The first kappa shape index (κ1) is 12.9. The van der Waals surface area contributed by atoms with E-state index in [9.17, 15) is 13.2 Å². The van der Waals surface area contributed by atoms with Gasteiger partial charge in [0.05, 0.1) is 5.69 Å². The van der Waals surface area contributed by atoms with Crippen molar-refractivity contribution in [3.8, 4) is 0 Å². The number of hydrogen-bond acceptors (Lipinski definition) is 3. The quantitative estimate of drug-likeness (QED) is 0.867. The van der Waals surface area contributed by atoms with Gasteiger partial charge in [-0.3, -0.25) is 4.98 Å². The fourth-order valence-corrected chi connectivity index (χ4v) is 1.24. The van der Waals surface area contributed by atoms with Gasteiger partial charge in [-0.2, -0.15) is 13.2 Å². The van der Waals surface area contributed by atoms with Crippen LogP contribution in [0.25, 0.3) is 0 Å². The number of halogens is 3. The van der Waals surface area contributed by atoms with E-state index >= 15 is 0 Å². The number of ether oxygens (including phenoxy) is 1. The summed E-state index contributed by atoms with van der Waals surface area (Å²) in [6.07, 6.45) is -3.72. The maximum atomic E-state index is 12.0. The second kappa shape index (κ2) is 5.27. The minimum atomic E-state index is -4.36. The summed E-state index contributed by atoms with van der Waals surface area (Å²) in [4.78, 5) is 3.93. The number of aromatic nitrogens is 1. The highest BCUT2D eigenvalue weighted by Crippen LogP contribution is 2.22. The van der Waals surface area contributed by atoms with Gasteiger partial charge in [0.15, 0.2) is 0 Å². The topological polar surface area (TPSA) is 48.1 Å². The summed E-state index contributed by atoms with van der Waals surface area (Å²) in [5.74, 6) is 0. The van der Waals surface area contributed by atoms with Gasteiger partial charge in [-0.15, -0.1) is 0 Å². The van der Waals surface area contributed by atoms with Crippen molar-refractivity contribution in [3.63, 3.8) is 0 Å². The number of nitrogens with two attached hydrogens (primary N) is 1. The fourth-order valence-electron chi connectivity index (χ4n) is 1.24. The Morgan fingerprint density at radius 3 is 2.56 bits per heavy atom. The molecule has 6 heteroatoms. The largest absolute Gasteiger partial charge is 0.411 e. The number of nitrogens with zero attached hydrogens (tertiary/aromatic N) is 1. The van der Waals surface area contributed by atoms with Crippen molar-refractivity contribution in [3.05, 3.63) is 30.1 Å². The summed E-state index contributed by atoms with van der Waals surface area (Å²) >= 11 is 0. The lowest BCUT2D eigenvalue weighted by Gasteiger charge is -2.21. The summed E-state index contributed by atoms with van der Waals surface area (Å²) in [5, 5.41) is 0. The zero-order chi connectivity index (χ0) is 12.2. The van der Waals surface area contributed by atoms with E-state index < -0.39 is 24.9 Å². The van der Waals surface area contributed by atoms with Gasteiger partial charge in [-0.05, 0) is 19.1 Å². The fraction of sp³-hybridized carbons (Fsp3) is 0.500. The van der Waals surface area contributed by atoms with E-state index in [0.29, 0.717) is 5.69 Å². The molecule has 0 saturated carbocycles. The van der Waals surface area contributed by atoms with Gasteiger partial charge in [0.1, 0.15) is 12.7 Å². The summed E-state index contributed by atoms with van der Waals surface area (Å²) in [6, 6.07) is 4.38. The second-order valence-corrected chi connectivity index (χ2v) is 3.46. The third kappa shape index (κ3) is 4.16. The summed E-state index contributed by atoms with van der Waals surface area (Å²) < 4.78 is 40.8. The first-order valence-electron chi connectivity index (χ1n) is 4.75. The van der Waals surface area contributed by atoms with Crippen LogP contribution in [0, 0.1) is 0 Å². The Balaban J connectivity index is 2.70. The lowest BCUT2D eigenvalue weighted by atomic mass is 10.1. The van der Waals surface area contributed by atoms with E-state index in [-0.39, 0.29) is 0 Å². The van der Waals surface area contributed by atoms with Crippen LogP contribution in [0.15, 0.2) is 24.4 Å². The SMILES string of the molecule is CC(N)C(OCC(F)(F)F)c1ccccn1. The second-order valence-electron chi connectivity index (χ2n) is 3.46. The molecule has 1 aromatic heterocycles. The predicted molar refractivity (Wildman–Crippen MR) is 52.6 cm³/mol. The molecular weight excluding hydrogens is 221 g/mol. The van der Waals surface area contributed by atoms with Crippen molar-refractivity contribution in [1.29, 1.82) is 0 Å². The van der Waals surface area contributed by atoms with Crippen molar-refractivity contribution in [2.45, 2.75) is 25.2 Å². The van der Waals surface area contributed by atoms with Crippen molar-refractivity contribution >= 4 is 0 Å². The van der Waals surface area contributed by atoms with E-state index in [1.165, 1.54) is 6.20 Å². The molecule has 0 bridgehead atoms. The molecule has 0 radical (unpaired) electrons. The maximum Gasteiger partial charge on any atom is 0.411 e. The molecule has 90 valence electrons. The van der Waals surface area contributed by atoms with E-state index in [2.05, 4.69) is 4.98 Å². The molecule has 0 saturated heterocycles. The molecule has 1 aromatic rings. The summed E-state index contributed by atoms with van der Waals surface area (Å²) in [7, 11) is 0. The molecule has 1 heterocycles. The van der Waals surface area contributed by atoms with E-state index in [1.807, 2.05) is 0 Å². The van der Waals surface area contributed by atoms with Crippen LogP contribution in [-0.2, 0) is 4.74 Å². The van der Waals surface area contributed by atoms with Gasteiger partial charge in [0, 0.05) is 12.2 Å². The number of pyridine rings is 1. The van der Waals surface area contributed by atoms with E-state index in [4.69, 9.17) is 10.5 Å². The Morgan fingerprint density at radius 1 is 1.44 bits per heavy atom. The predicted octanol–water partition coefficient (Wildman–Crippen LogP) is 2.05. The van der Waals surface area contributed by atoms with Gasteiger partial charge in [0.2, 0.25) is 0 Å². The van der Waals surface area contributed by atoms with Crippen molar-refractivity contribution in [2.75, 3.05) is 6.61 Å². The van der Waals surface area contributed by atoms with Crippen LogP contribution < -0.4 is 5.73 Å². The highest BCUT2D eigenvalue weighted by Gasteiger charge is 2.31. The number of rotatable bonds is 4. The lowest BCUT2D eigenvalue weighted by Crippen LogP contribution is -2.30. The standard InChI is InChI=1S/C10H13F3N2O/c1-7(14)9(16-6-10(11,12)13)8-4-2-3-5-15-8/h2-5,7,9H,6,14H2,1H3. The summed E-state index contributed by atoms with van der Waals surface area (Å²) in [6.45, 7) is 0.255. The van der Waals surface area contributed by atoms with Gasteiger partial charge < -0.3 is 10.5 Å². The highest BCUT2D eigenvalue weighted by atomic mass is 19.4. The molecule has 1 rings (SSSR count). The van der Waals surface area contributed by atoms with Gasteiger partial charge in [0.25, 0.3) is 0 Å². The van der Waals surface area contributed by atoms with Crippen molar-refractivity contribution in [1.82, 2.24) is 4.98 Å². The normalized spacial score (nSPS) is 15.8. The number of hydrogen-bond donors (Lipinski definition) is 1. The Hall–Kier alpha value is -1.14. The van der Waals surface area contributed by atoms with Crippen LogP contribution in [0.4, 0.5) is 13.2 Å². The molecule has 0 aliphatic carbocycles. The van der Waals surface area contributed by atoms with Gasteiger partial charge in [-0.25, -0.2) is 0 Å². The Kier molecular flexibility index (Phi) is 4.26. The molecule has 0 amide bonds. The van der Waals surface area contributed by atoms with Crippen molar-refractivity contribution in [2.24, 2.45) is 5.73 Å². The van der Waals surface area contributed by atoms with Crippen LogP contribution in [-0.4, -0.2) is 23.8 Å². The molecule has 0 aromatic carbocycles. The highest BCUT2D eigenvalue weighted by molar-refractivity contribution is 5.08. The molecule has 2 atom stereocenters. The van der Waals surface area contributed by atoms with Crippen LogP contribution in [0.3, 0.4) is 0 Å². The van der Waals surface area contributed by atoms with Crippen molar-refractivity contribution < 1.29 is 17.9 Å². The maximum absolute atomic E-state index is 12.0. The molecule has 0 aliphatic rings. The Bertz CT molecular complexity index is 314. The molecular formula is C10H13F3N2O. The smallest absolute Gasteiger partial charge is 0.361 e. The molecule has 0 aliphatic heterocycles. The average molecular weight is 234 g/mol. The first-order chi connectivity index (χ1) is 7.40. The third-order valence-electron chi connectivity index (χ3n) is 1.88. The molecule has 0 spiro atoms. The molecule has 2 N–H and O–H groups in total. The molecule has 2 unspecified atom stereocenters. The zero-order valence-electron chi connectivity index (χ0n) is 8.74.